The molecule has 1 saturated carbocycles. The zero-order valence-electron chi connectivity index (χ0n) is 18.9. The Labute approximate surface area is 198 Å². The molecule has 35 heavy (non-hydrogen) atoms. The first-order valence-corrected chi connectivity index (χ1v) is 11.4. The molecule has 1 N–H and O–H groups in total. The van der Waals surface area contributed by atoms with Gasteiger partial charge >= 0.3 is 0 Å². The maximum absolute atomic E-state index is 14.7. The van der Waals surface area contributed by atoms with Crippen molar-refractivity contribution in [2.45, 2.75) is 25.4 Å². The van der Waals surface area contributed by atoms with Crippen molar-refractivity contribution < 1.29 is 22.8 Å². The number of imidazole rings is 1. The Morgan fingerprint density at radius 3 is 2.80 bits per heavy atom. The molecular weight excluding hydrogens is 458 g/mol. The summed E-state index contributed by atoms with van der Waals surface area (Å²) in [6.45, 7) is 4.38. The van der Waals surface area contributed by atoms with Gasteiger partial charge in [0.1, 0.15) is 23.3 Å². The fourth-order valence-corrected chi connectivity index (χ4v) is 4.19. The van der Waals surface area contributed by atoms with Gasteiger partial charge in [0.2, 0.25) is 11.7 Å². The topological polar surface area (TPSA) is 97.8 Å². The van der Waals surface area contributed by atoms with E-state index in [2.05, 4.69) is 25.3 Å². The number of hydrogen-bond donors (Lipinski definition) is 1. The zero-order chi connectivity index (χ0) is 24.1. The minimum atomic E-state index is -0.984. The first-order valence-electron chi connectivity index (χ1n) is 11.4. The molecule has 2 fully saturated rings. The molecule has 1 saturated heterocycles. The summed E-state index contributed by atoms with van der Waals surface area (Å²) >= 11 is 0. The summed E-state index contributed by atoms with van der Waals surface area (Å²) in [5.74, 6) is -1.04. The molecule has 0 unspecified atom stereocenters. The number of aromatic nitrogens is 4. The van der Waals surface area contributed by atoms with Gasteiger partial charge in [0.25, 0.3) is 5.91 Å². The highest BCUT2D eigenvalue weighted by Gasteiger charge is 2.43. The largest absolute Gasteiger partial charge is 0.378 e. The summed E-state index contributed by atoms with van der Waals surface area (Å²) in [5, 5.41) is 6.64. The highest BCUT2D eigenvalue weighted by Crippen LogP contribution is 2.43. The highest BCUT2D eigenvalue weighted by molar-refractivity contribution is 6.04. The number of carbonyl (C=O) groups excluding carboxylic acids is 1. The summed E-state index contributed by atoms with van der Waals surface area (Å²) in [4.78, 5) is 23.9. The van der Waals surface area contributed by atoms with Crippen molar-refractivity contribution in [3.63, 3.8) is 0 Å². The number of rotatable bonds is 5. The number of fused-ring (bicyclic) bond motifs is 1. The number of ether oxygens (including phenoxy) is 1. The molecule has 0 radical (unpaired) electrons. The van der Waals surface area contributed by atoms with Crippen molar-refractivity contribution in [2.75, 3.05) is 36.5 Å². The van der Waals surface area contributed by atoms with E-state index in [1.165, 1.54) is 12.3 Å². The van der Waals surface area contributed by atoms with Crippen molar-refractivity contribution in [2.24, 2.45) is 0 Å². The van der Waals surface area contributed by atoms with Gasteiger partial charge in [-0.2, -0.15) is 4.98 Å². The molecule has 11 heteroatoms. The standard InChI is InChI=1S/C24H22F2N6O3/c1-13-17(25)8-14(22-29-24(35-30-22)16-10-18(16)26)9-19(13)28-23(33)20-11-27-21-3-2-15(12-32(20)21)31-4-6-34-7-5-31/h2-3,8-9,11-12,16,18H,4-7,10H2,1H3,(H,28,33)/t16-,18+/m0/s1. The second kappa shape index (κ2) is 8.42. The zero-order valence-corrected chi connectivity index (χ0v) is 18.9. The minimum Gasteiger partial charge on any atom is -0.378 e. The third kappa shape index (κ3) is 4.01. The van der Waals surface area contributed by atoms with E-state index in [0.717, 1.165) is 18.8 Å². The second-order valence-corrected chi connectivity index (χ2v) is 8.76. The molecule has 0 spiro atoms. The first kappa shape index (κ1) is 21.7. The fraction of sp³-hybridized carbons (Fsp3) is 0.333. The smallest absolute Gasteiger partial charge is 0.274 e. The SMILES string of the molecule is Cc1c(F)cc(-c2noc([C@H]3C[C@H]3F)n2)cc1NC(=O)c1cnc2ccc(N3CCOCC3)cn12. The normalized spacial score (nSPS) is 19.8. The fourth-order valence-electron chi connectivity index (χ4n) is 4.19. The summed E-state index contributed by atoms with van der Waals surface area (Å²) in [6, 6.07) is 6.66. The second-order valence-electron chi connectivity index (χ2n) is 8.76. The maximum atomic E-state index is 14.7. The Morgan fingerprint density at radius 2 is 2.03 bits per heavy atom. The molecule has 1 aromatic carbocycles. The van der Waals surface area contributed by atoms with Crippen LogP contribution >= 0.6 is 0 Å². The average Bonchev–Trinajstić information content (AvgIpc) is 3.25. The Balaban J connectivity index is 1.29. The van der Waals surface area contributed by atoms with Gasteiger partial charge in [-0.15, -0.1) is 0 Å². The lowest BCUT2D eigenvalue weighted by Gasteiger charge is -2.28. The monoisotopic (exact) mass is 480 g/mol. The lowest BCUT2D eigenvalue weighted by atomic mass is 10.1. The van der Waals surface area contributed by atoms with Gasteiger partial charge in [0.05, 0.1) is 31.0 Å². The van der Waals surface area contributed by atoms with Crippen molar-refractivity contribution in [3.05, 3.63) is 59.6 Å². The molecule has 1 aliphatic carbocycles. The molecule has 2 aliphatic rings. The van der Waals surface area contributed by atoms with Crippen LogP contribution < -0.4 is 10.2 Å². The molecular formula is C24H22F2N6O3. The molecule has 4 aromatic rings. The average molecular weight is 480 g/mol. The number of hydrogen-bond acceptors (Lipinski definition) is 7. The number of nitrogens with one attached hydrogen (secondary N) is 1. The lowest BCUT2D eigenvalue weighted by molar-refractivity contribution is 0.102. The van der Waals surface area contributed by atoms with Crippen molar-refractivity contribution >= 4 is 22.9 Å². The van der Waals surface area contributed by atoms with Crippen LogP contribution in [0.15, 0.2) is 41.2 Å². The molecule has 2 atom stereocenters. The Kier molecular flexibility index (Phi) is 5.21. The van der Waals surface area contributed by atoms with E-state index < -0.39 is 23.8 Å². The number of amides is 1. The van der Waals surface area contributed by atoms with Gasteiger partial charge in [-0.3, -0.25) is 9.20 Å². The summed E-state index contributed by atoms with van der Waals surface area (Å²) in [5.41, 5.74) is 2.74. The number of carbonyl (C=O) groups is 1. The van der Waals surface area contributed by atoms with Crippen LogP contribution in [0.5, 0.6) is 0 Å². The van der Waals surface area contributed by atoms with Crippen LogP contribution in [-0.2, 0) is 4.74 Å². The van der Waals surface area contributed by atoms with Gasteiger partial charge in [-0.25, -0.2) is 13.8 Å². The Bertz CT molecular complexity index is 1430. The van der Waals surface area contributed by atoms with E-state index in [0.29, 0.717) is 36.5 Å². The van der Waals surface area contributed by atoms with Crippen LogP contribution in [0.4, 0.5) is 20.2 Å². The third-order valence-corrected chi connectivity index (χ3v) is 6.42. The van der Waals surface area contributed by atoms with Gasteiger partial charge < -0.3 is 19.5 Å². The van der Waals surface area contributed by atoms with Crippen LogP contribution in [0.25, 0.3) is 17.0 Å². The quantitative estimate of drug-likeness (QED) is 0.465. The molecule has 1 aliphatic heterocycles. The number of morpholine rings is 1. The van der Waals surface area contributed by atoms with Crippen LogP contribution in [0.3, 0.4) is 0 Å². The Morgan fingerprint density at radius 1 is 1.23 bits per heavy atom. The highest BCUT2D eigenvalue weighted by atomic mass is 19.1. The van der Waals surface area contributed by atoms with Gasteiger partial charge in [-0.1, -0.05) is 5.16 Å². The molecule has 180 valence electrons. The van der Waals surface area contributed by atoms with Crippen molar-refractivity contribution in [3.8, 4) is 11.4 Å². The Hall–Kier alpha value is -3.86. The number of nitrogens with zero attached hydrogens (tertiary/aromatic N) is 5. The lowest BCUT2D eigenvalue weighted by Crippen LogP contribution is -2.36. The van der Waals surface area contributed by atoms with Crippen LogP contribution in [0.2, 0.25) is 0 Å². The van der Waals surface area contributed by atoms with Gasteiger partial charge in [0, 0.05) is 36.1 Å². The van der Waals surface area contributed by atoms with E-state index >= 15 is 0 Å². The van der Waals surface area contributed by atoms with Crippen LogP contribution in [-0.4, -0.2) is 57.9 Å². The van der Waals surface area contributed by atoms with Crippen molar-refractivity contribution in [1.29, 1.82) is 0 Å². The van der Waals surface area contributed by atoms with E-state index in [1.807, 2.05) is 18.3 Å². The number of anilines is 2. The van der Waals surface area contributed by atoms with E-state index in [-0.39, 0.29) is 23.0 Å². The van der Waals surface area contributed by atoms with Crippen LogP contribution in [0, 0.1) is 12.7 Å². The number of halogens is 2. The van der Waals surface area contributed by atoms with Gasteiger partial charge in [0.15, 0.2) is 0 Å². The minimum absolute atomic E-state index is 0.137. The van der Waals surface area contributed by atoms with E-state index in [9.17, 15) is 13.6 Å². The van der Waals surface area contributed by atoms with E-state index in [4.69, 9.17) is 9.26 Å². The predicted octanol–water partition coefficient (Wildman–Crippen LogP) is 3.75. The van der Waals surface area contributed by atoms with Crippen molar-refractivity contribution in [1.82, 2.24) is 19.5 Å². The molecule has 3 aromatic heterocycles. The van der Waals surface area contributed by atoms with E-state index in [1.54, 1.807) is 17.4 Å². The van der Waals surface area contributed by atoms with Crippen LogP contribution in [0.1, 0.15) is 34.3 Å². The molecule has 9 nitrogen and oxygen atoms in total. The summed E-state index contributed by atoms with van der Waals surface area (Å²) < 4.78 is 40.3. The summed E-state index contributed by atoms with van der Waals surface area (Å²) in [6.07, 6.45) is 2.71. The molecule has 0 bridgehead atoms. The number of benzene rings is 1. The number of alkyl halides is 1. The maximum Gasteiger partial charge on any atom is 0.274 e. The third-order valence-electron chi connectivity index (χ3n) is 6.42. The molecule has 1 amide bonds. The number of pyridine rings is 1. The first-order chi connectivity index (χ1) is 17.0. The molecule has 6 rings (SSSR count). The predicted molar refractivity (Wildman–Crippen MR) is 123 cm³/mol. The summed E-state index contributed by atoms with van der Waals surface area (Å²) in [7, 11) is 0. The van der Waals surface area contributed by atoms with Gasteiger partial charge in [-0.05, 0) is 37.6 Å². The molecule has 4 heterocycles.